The van der Waals surface area contributed by atoms with Crippen molar-refractivity contribution in [1.29, 1.82) is 0 Å². The number of aryl methyl sites for hydroxylation is 3. The molecule has 0 bridgehead atoms. The maximum absolute atomic E-state index is 13.6. The average Bonchev–Trinajstić information content (AvgIpc) is 3.30. The van der Waals surface area contributed by atoms with E-state index in [0.717, 1.165) is 23.2 Å². The molecule has 1 atom stereocenters. The van der Waals surface area contributed by atoms with Gasteiger partial charge in [-0.3, -0.25) is 9.69 Å². The zero-order valence-electron chi connectivity index (χ0n) is 17.9. The number of carbonyl (C=O) groups is 1. The molecule has 2 aliphatic heterocycles. The van der Waals surface area contributed by atoms with E-state index in [1.54, 1.807) is 33.2 Å². The van der Waals surface area contributed by atoms with Gasteiger partial charge in [-0.25, -0.2) is 18.4 Å². The van der Waals surface area contributed by atoms with Crippen LogP contribution in [0.2, 0.25) is 0 Å². The molecule has 2 aromatic rings. The first kappa shape index (κ1) is 20.7. The lowest BCUT2D eigenvalue weighted by Gasteiger charge is -2.25. The minimum absolute atomic E-state index is 0.0280. The normalized spacial score (nSPS) is 19.4. The molecule has 1 amide bonds. The first-order valence-corrected chi connectivity index (χ1v) is 11.4. The molecule has 1 saturated heterocycles. The molecule has 4 rings (SSSR count). The van der Waals surface area contributed by atoms with Gasteiger partial charge in [-0.1, -0.05) is 0 Å². The number of aromatic nitrogens is 2. The number of ether oxygens (including phenoxy) is 1. The molecule has 0 aliphatic carbocycles. The van der Waals surface area contributed by atoms with Crippen LogP contribution in [0.1, 0.15) is 47.1 Å². The highest BCUT2D eigenvalue weighted by molar-refractivity contribution is 7.89. The zero-order chi connectivity index (χ0) is 21.8. The molecule has 3 heterocycles. The Morgan fingerprint density at radius 1 is 1.13 bits per heavy atom. The van der Waals surface area contributed by atoms with Crippen LogP contribution >= 0.6 is 0 Å². The van der Waals surface area contributed by atoms with E-state index in [1.165, 1.54) is 9.21 Å². The van der Waals surface area contributed by atoms with Crippen molar-refractivity contribution >= 4 is 21.7 Å². The standard InChI is InChI=1S/C21H26N4O4S/c1-12-10-18(13(2)9-17(12)29-5)30(27,28)25-8-6-7-16(25)20-22-14(3)15-11-19(26)24(4)21(15)23-20/h9-10,16H,6-8,11H2,1-5H3/t16-/m1/s1. The highest BCUT2D eigenvalue weighted by Gasteiger charge is 2.40. The van der Waals surface area contributed by atoms with Crippen LogP contribution in [0.15, 0.2) is 17.0 Å². The number of likely N-dealkylation sites (N-methyl/N-ethyl adjacent to an activating group) is 1. The van der Waals surface area contributed by atoms with Gasteiger partial charge >= 0.3 is 0 Å². The van der Waals surface area contributed by atoms with Crippen molar-refractivity contribution in [2.45, 2.75) is 51.0 Å². The molecular formula is C21H26N4O4S. The van der Waals surface area contributed by atoms with Gasteiger partial charge in [0.1, 0.15) is 17.4 Å². The smallest absolute Gasteiger partial charge is 0.244 e. The van der Waals surface area contributed by atoms with Crippen LogP contribution in [-0.2, 0) is 21.2 Å². The van der Waals surface area contributed by atoms with Crippen molar-refractivity contribution in [1.82, 2.24) is 14.3 Å². The number of sulfonamides is 1. The monoisotopic (exact) mass is 430 g/mol. The number of anilines is 1. The van der Waals surface area contributed by atoms with Crippen molar-refractivity contribution in [3.63, 3.8) is 0 Å². The second-order valence-electron chi connectivity index (χ2n) is 7.96. The first-order chi connectivity index (χ1) is 14.1. The van der Waals surface area contributed by atoms with Crippen molar-refractivity contribution < 1.29 is 17.9 Å². The fraction of sp³-hybridized carbons (Fsp3) is 0.476. The molecule has 0 radical (unpaired) electrons. The van der Waals surface area contributed by atoms with Gasteiger partial charge in [0.25, 0.3) is 0 Å². The Morgan fingerprint density at radius 3 is 2.57 bits per heavy atom. The summed E-state index contributed by atoms with van der Waals surface area (Å²) in [4.78, 5) is 23.1. The number of benzene rings is 1. The Morgan fingerprint density at radius 2 is 1.87 bits per heavy atom. The van der Waals surface area contributed by atoms with E-state index in [9.17, 15) is 13.2 Å². The van der Waals surface area contributed by atoms with E-state index >= 15 is 0 Å². The molecule has 8 nitrogen and oxygen atoms in total. The lowest BCUT2D eigenvalue weighted by Crippen LogP contribution is -2.32. The summed E-state index contributed by atoms with van der Waals surface area (Å²) in [5, 5.41) is 0. The summed E-state index contributed by atoms with van der Waals surface area (Å²) in [7, 11) is -0.485. The number of hydrogen-bond acceptors (Lipinski definition) is 6. The third kappa shape index (κ3) is 3.16. The van der Waals surface area contributed by atoms with Crippen LogP contribution in [0.25, 0.3) is 0 Å². The molecule has 0 saturated carbocycles. The third-order valence-electron chi connectivity index (χ3n) is 6.01. The number of hydrogen-bond donors (Lipinski definition) is 0. The Bertz CT molecular complexity index is 1150. The molecule has 30 heavy (non-hydrogen) atoms. The molecule has 0 unspecified atom stereocenters. The van der Waals surface area contributed by atoms with Gasteiger partial charge in [0.05, 0.1) is 24.5 Å². The summed E-state index contributed by atoms with van der Waals surface area (Å²) in [6, 6.07) is 2.97. The molecule has 0 spiro atoms. The second kappa shape index (κ2) is 7.31. The largest absolute Gasteiger partial charge is 0.496 e. The van der Waals surface area contributed by atoms with Gasteiger partial charge in [-0.2, -0.15) is 4.31 Å². The highest BCUT2D eigenvalue weighted by Crippen LogP contribution is 2.39. The number of nitrogens with zero attached hydrogens (tertiary/aromatic N) is 4. The van der Waals surface area contributed by atoms with E-state index in [1.807, 2.05) is 13.8 Å². The predicted octanol–water partition coefficient (Wildman–Crippen LogP) is 2.46. The summed E-state index contributed by atoms with van der Waals surface area (Å²) < 4.78 is 34.0. The fourth-order valence-corrected chi connectivity index (χ4v) is 6.25. The Balaban J connectivity index is 1.76. The second-order valence-corrected chi connectivity index (χ2v) is 9.82. The van der Waals surface area contributed by atoms with Gasteiger partial charge in [-0.15, -0.1) is 0 Å². The minimum Gasteiger partial charge on any atom is -0.496 e. The molecule has 1 aromatic heterocycles. The van der Waals surface area contributed by atoms with Crippen molar-refractivity contribution in [3.8, 4) is 5.75 Å². The number of carbonyl (C=O) groups excluding carboxylic acids is 1. The number of amides is 1. The molecule has 9 heteroatoms. The van der Waals surface area contributed by atoms with E-state index < -0.39 is 16.1 Å². The average molecular weight is 431 g/mol. The lowest BCUT2D eigenvalue weighted by molar-refractivity contribution is -0.117. The lowest BCUT2D eigenvalue weighted by atomic mass is 10.1. The van der Waals surface area contributed by atoms with E-state index in [4.69, 9.17) is 4.74 Å². The van der Waals surface area contributed by atoms with Crippen LogP contribution < -0.4 is 9.64 Å². The molecule has 0 N–H and O–H groups in total. The van der Waals surface area contributed by atoms with E-state index in [2.05, 4.69) is 9.97 Å². The molecule has 1 fully saturated rings. The summed E-state index contributed by atoms with van der Waals surface area (Å²) in [6.07, 6.45) is 1.66. The van der Waals surface area contributed by atoms with Crippen LogP contribution in [0.5, 0.6) is 5.75 Å². The Labute approximate surface area is 176 Å². The number of fused-ring (bicyclic) bond motifs is 1. The van der Waals surface area contributed by atoms with Gasteiger partial charge in [0.2, 0.25) is 15.9 Å². The fourth-order valence-electron chi connectivity index (χ4n) is 4.30. The van der Waals surface area contributed by atoms with Crippen LogP contribution in [0.3, 0.4) is 0 Å². The Hall–Kier alpha value is -2.52. The van der Waals surface area contributed by atoms with Crippen molar-refractivity contribution in [2.75, 3.05) is 25.6 Å². The summed E-state index contributed by atoms with van der Waals surface area (Å²) in [5.41, 5.74) is 2.95. The summed E-state index contributed by atoms with van der Waals surface area (Å²) in [5.74, 6) is 1.68. The summed E-state index contributed by atoms with van der Waals surface area (Å²) in [6.45, 7) is 5.86. The van der Waals surface area contributed by atoms with E-state index in [-0.39, 0.29) is 17.2 Å². The first-order valence-electron chi connectivity index (χ1n) is 9.96. The number of rotatable bonds is 4. The molecule has 160 valence electrons. The van der Waals surface area contributed by atoms with Crippen LogP contribution in [0.4, 0.5) is 5.82 Å². The van der Waals surface area contributed by atoms with Crippen molar-refractivity contribution in [2.24, 2.45) is 0 Å². The molecular weight excluding hydrogens is 404 g/mol. The maximum atomic E-state index is 13.6. The number of methoxy groups -OCH3 is 1. The van der Waals surface area contributed by atoms with Crippen molar-refractivity contribution in [3.05, 3.63) is 40.3 Å². The van der Waals surface area contributed by atoms with Gasteiger partial charge in [-0.05, 0) is 56.9 Å². The quantitative estimate of drug-likeness (QED) is 0.740. The van der Waals surface area contributed by atoms with Gasteiger partial charge in [0.15, 0.2) is 0 Å². The maximum Gasteiger partial charge on any atom is 0.244 e. The summed E-state index contributed by atoms with van der Waals surface area (Å²) >= 11 is 0. The Kier molecular flexibility index (Phi) is 5.06. The van der Waals surface area contributed by atoms with Gasteiger partial charge < -0.3 is 4.74 Å². The SMILES string of the molecule is COc1cc(C)c(S(=O)(=O)N2CCC[C@@H]2c2nc(C)c3c(n2)N(C)C(=O)C3)cc1C. The third-order valence-corrected chi connectivity index (χ3v) is 8.06. The van der Waals surface area contributed by atoms with Crippen LogP contribution in [0, 0.1) is 20.8 Å². The highest BCUT2D eigenvalue weighted by atomic mass is 32.2. The minimum atomic E-state index is -3.75. The predicted molar refractivity (Wildman–Crippen MR) is 112 cm³/mol. The topological polar surface area (TPSA) is 92.7 Å². The molecule has 1 aromatic carbocycles. The van der Waals surface area contributed by atoms with Gasteiger partial charge in [0, 0.05) is 24.8 Å². The van der Waals surface area contributed by atoms with Crippen LogP contribution in [-0.4, -0.2) is 49.3 Å². The zero-order valence-corrected chi connectivity index (χ0v) is 18.7. The van der Waals surface area contributed by atoms with E-state index in [0.29, 0.717) is 35.9 Å². The molecule has 2 aliphatic rings.